The predicted molar refractivity (Wildman–Crippen MR) is 92.8 cm³/mol. The summed E-state index contributed by atoms with van der Waals surface area (Å²) < 4.78 is 31.5. The van der Waals surface area contributed by atoms with E-state index in [1.165, 1.54) is 0 Å². The molecule has 1 atom stereocenters. The molecule has 5 heteroatoms. The maximum Gasteiger partial charge on any atom is 0.383 e. The first-order valence-electron chi connectivity index (χ1n) is 7.58. The molecule has 3 aromatic rings. The van der Waals surface area contributed by atoms with Crippen molar-refractivity contribution in [1.82, 2.24) is 4.72 Å². The first-order chi connectivity index (χ1) is 11.6. The van der Waals surface area contributed by atoms with Crippen LogP contribution in [0, 0.1) is 0 Å². The van der Waals surface area contributed by atoms with Crippen molar-refractivity contribution in [2.45, 2.75) is 6.04 Å². The van der Waals surface area contributed by atoms with E-state index >= 15 is 0 Å². The largest absolute Gasteiger partial charge is 0.383 e. The SMILES string of the molecule is O=S1(=O)N[C@H](c2ccc(-c3ccccc3)cc2)c2ccccc2O1. The van der Waals surface area contributed by atoms with Crippen LogP contribution >= 0.6 is 0 Å². The average Bonchev–Trinajstić information content (AvgIpc) is 2.61. The third-order valence-corrected chi connectivity index (χ3v) is 4.97. The third-order valence-electron chi connectivity index (χ3n) is 4.04. The fourth-order valence-corrected chi connectivity index (χ4v) is 3.88. The summed E-state index contributed by atoms with van der Waals surface area (Å²) >= 11 is 0. The molecule has 0 bridgehead atoms. The first kappa shape index (κ1) is 14.9. The van der Waals surface area contributed by atoms with Crippen molar-refractivity contribution in [1.29, 1.82) is 0 Å². The Balaban J connectivity index is 1.74. The number of nitrogens with one attached hydrogen (secondary N) is 1. The van der Waals surface area contributed by atoms with Gasteiger partial charge in [-0.3, -0.25) is 0 Å². The zero-order valence-electron chi connectivity index (χ0n) is 12.7. The Kier molecular flexibility index (Phi) is 3.59. The summed E-state index contributed by atoms with van der Waals surface area (Å²) in [5.41, 5.74) is 3.88. The molecule has 0 aromatic heterocycles. The van der Waals surface area contributed by atoms with Gasteiger partial charge in [-0.05, 0) is 22.8 Å². The smallest absolute Gasteiger partial charge is 0.371 e. The number of para-hydroxylation sites is 1. The molecule has 3 aromatic carbocycles. The Morgan fingerprint density at radius 3 is 2.12 bits per heavy atom. The van der Waals surface area contributed by atoms with Crippen molar-refractivity contribution in [3.05, 3.63) is 90.0 Å². The molecule has 0 saturated carbocycles. The lowest BCUT2D eigenvalue weighted by Crippen LogP contribution is -2.37. The Labute approximate surface area is 141 Å². The minimum Gasteiger partial charge on any atom is -0.371 e. The van der Waals surface area contributed by atoms with Crippen LogP contribution in [0.15, 0.2) is 78.9 Å². The molecule has 4 nitrogen and oxygen atoms in total. The van der Waals surface area contributed by atoms with Crippen molar-refractivity contribution in [2.75, 3.05) is 0 Å². The van der Waals surface area contributed by atoms with Crippen molar-refractivity contribution < 1.29 is 12.6 Å². The fraction of sp³-hybridized carbons (Fsp3) is 0.0526. The van der Waals surface area contributed by atoms with Gasteiger partial charge in [-0.25, -0.2) is 0 Å². The van der Waals surface area contributed by atoms with Crippen LogP contribution < -0.4 is 8.91 Å². The molecule has 1 aliphatic rings. The van der Waals surface area contributed by atoms with Gasteiger partial charge < -0.3 is 4.18 Å². The normalized spacial score (nSPS) is 18.4. The highest BCUT2D eigenvalue weighted by molar-refractivity contribution is 7.85. The average molecular weight is 337 g/mol. The summed E-state index contributed by atoms with van der Waals surface area (Å²) in [4.78, 5) is 0. The van der Waals surface area contributed by atoms with Crippen LogP contribution in [0.25, 0.3) is 11.1 Å². The zero-order chi connectivity index (χ0) is 16.6. The van der Waals surface area contributed by atoms with Crippen LogP contribution in [0.4, 0.5) is 0 Å². The molecule has 4 rings (SSSR count). The van der Waals surface area contributed by atoms with E-state index in [9.17, 15) is 8.42 Å². The standard InChI is InChI=1S/C19H15NO3S/c21-24(22)20-19(17-8-4-5-9-18(17)23-24)16-12-10-15(11-13-16)14-6-2-1-3-7-14/h1-13,19-20H/t19-/m1/s1. The molecule has 0 radical (unpaired) electrons. The summed E-state index contributed by atoms with van der Waals surface area (Å²) in [7, 11) is -3.81. The summed E-state index contributed by atoms with van der Waals surface area (Å²) in [6.45, 7) is 0. The van der Waals surface area contributed by atoms with Gasteiger partial charge in [0.1, 0.15) is 5.75 Å². The van der Waals surface area contributed by atoms with Gasteiger partial charge in [0.2, 0.25) is 0 Å². The van der Waals surface area contributed by atoms with Gasteiger partial charge in [-0.1, -0.05) is 72.8 Å². The lowest BCUT2D eigenvalue weighted by Gasteiger charge is -2.26. The molecular weight excluding hydrogens is 322 g/mol. The van der Waals surface area contributed by atoms with E-state index in [4.69, 9.17) is 4.18 Å². The molecule has 0 amide bonds. The lowest BCUT2D eigenvalue weighted by molar-refractivity contribution is 0.442. The van der Waals surface area contributed by atoms with Crippen molar-refractivity contribution in [3.8, 4) is 16.9 Å². The molecule has 0 unspecified atom stereocenters. The number of rotatable bonds is 2. The second kappa shape index (κ2) is 5.78. The lowest BCUT2D eigenvalue weighted by atomic mass is 9.96. The van der Waals surface area contributed by atoms with Crippen molar-refractivity contribution in [3.63, 3.8) is 0 Å². The summed E-state index contributed by atoms with van der Waals surface area (Å²) in [6, 6.07) is 24.6. The molecule has 0 saturated heterocycles. The fourth-order valence-electron chi connectivity index (χ4n) is 2.89. The van der Waals surface area contributed by atoms with Gasteiger partial charge in [0, 0.05) is 5.56 Å². The van der Waals surface area contributed by atoms with Gasteiger partial charge in [0.05, 0.1) is 6.04 Å². The molecule has 0 spiro atoms. The quantitative estimate of drug-likeness (QED) is 0.776. The molecule has 120 valence electrons. The van der Waals surface area contributed by atoms with E-state index < -0.39 is 16.3 Å². The summed E-state index contributed by atoms with van der Waals surface area (Å²) in [6.07, 6.45) is 0. The highest BCUT2D eigenvalue weighted by Gasteiger charge is 2.31. The van der Waals surface area contributed by atoms with E-state index in [-0.39, 0.29) is 0 Å². The number of fused-ring (bicyclic) bond motifs is 1. The maximum atomic E-state index is 12.0. The molecule has 1 aliphatic heterocycles. The van der Waals surface area contributed by atoms with Gasteiger partial charge >= 0.3 is 10.3 Å². The second-order valence-corrected chi connectivity index (χ2v) is 6.92. The van der Waals surface area contributed by atoms with E-state index in [0.29, 0.717) is 5.75 Å². The van der Waals surface area contributed by atoms with Crippen LogP contribution in [0.3, 0.4) is 0 Å². The topological polar surface area (TPSA) is 55.4 Å². The molecule has 24 heavy (non-hydrogen) atoms. The number of hydrogen-bond donors (Lipinski definition) is 1. The Hall–Kier alpha value is -2.63. The summed E-state index contributed by atoms with van der Waals surface area (Å²) in [5.74, 6) is 0.369. The molecule has 1 heterocycles. The second-order valence-electron chi connectivity index (χ2n) is 5.61. The molecular formula is C19H15NO3S. The van der Waals surface area contributed by atoms with Crippen molar-refractivity contribution in [2.24, 2.45) is 0 Å². The minimum atomic E-state index is -3.81. The minimum absolute atomic E-state index is 0.369. The van der Waals surface area contributed by atoms with E-state index in [1.807, 2.05) is 66.7 Å². The van der Waals surface area contributed by atoms with Gasteiger partial charge in [0.15, 0.2) is 0 Å². The van der Waals surface area contributed by atoms with Gasteiger partial charge in [0.25, 0.3) is 0 Å². The van der Waals surface area contributed by atoms with Crippen LogP contribution in [-0.4, -0.2) is 8.42 Å². The van der Waals surface area contributed by atoms with E-state index in [1.54, 1.807) is 12.1 Å². The first-order valence-corrected chi connectivity index (χ1v) is 8.99. The zero-order valence-corrected chi connectivity index (χ0v) is 13.5. The van der Waals surface area contributed by atoms with Crippen LogP contribution in [0.5, 0.6) is 5.75 Å². The number of hydrogen-bond acceptors (Lipinski definition) is 3. The van der Waals surface area contributed by atoms with Gasteiger partial charge in [-0.2, -0.15) is 13.1 Å². The summed E-state index contributed by atoms with van der Waals surface area (Å²) in [5, 5.41) is 0. The highest BCUT2D eigenvalue weighted by Crippen LogP contribution is 2.35. The predicted octanol–water partition coefficient (Wildman–Crippen LogP) is 3.67. The Morgan fingerprint density at radius 1 is 0.750 bits per heavy atom. The molecule has 0 fully saturated rings. The van der Waals surface area contributed by atoms with Crippen molar-refractivity contribution >= 4 is 10.3 Å². The number of benzene rings is 3. The molecule has 0 aliphatic carbocycles. The maximum absolute atomic E-state index is 12.0. The monoisotopic (exact) mass is 337 g/mol. The van der Waals surface area contributed by atoms with Crippen LogP contribution in [-0.2, 0) is 10.3 Å². The van der Waals surface area contributed by atoms with E-state index in [0.717, 1.165) is 22.3 Å². The van der Waals surface area contributed by atoms with Crippen LogP contribution in [0.1, 0.15) is 17.2 Å². The van der Waals surface area contributed by atoms with Crippen LogP contribution in [0.2, 0.25) is 0 Å². The third kappa shape index (κ3) is 2.79. The Bertz CT molecular complexity index is 967. The molecule has 1 N–H and O–H groups in total. The highest BCUT2D eigenvalue weighted by atomic mass is 32.2. The van der Waals surface area contributed by atoms with E-state index in [2.05, 4.69) is 4.72 Å². The van der Waals surface area contributed by atoms with Gasteiger partial charge in [-0.15, -0.1) is 0 Å². The Morgan fingerprint density at radius 2 is 1.38 bits per heavy atom.